The van der Waals surface area contributed by atoms with Gasteiger partial charge < -0.3 is 4.74 Å². The fourth-order valence-corrected chi connectivity index (χ4v) is 5.20. The summed E-state index contributed by atoms with van der Waals surface area (Å²) in [6.07, 6.45) is 1.51. The predicted octanol–water partition coefficient (Wildman–Crippen LogP) is 2.23. The highest BCUT2D eigenvalue weighted by atomic mass is 32.2. The minimum absolute atomic E-state index is 0.174. The zero-order chi connectivity index (χ0) is 14.8. The zero-order valence-electron chi connectivity index (χ0n) is 11.8. The molecule has 0 aliphatic heterocycles. The van der Waals surface area contributed by atoms with Gasteiger partial charge in [-0.3, -0.25) is 4.79 Å². The summed E-state index contributed by atoms with van der Waals surface area (Å²) in [4.78, 5) is 12.4. The van der Waals surface area contributed by atoms with Crippen molar-refractivity contribution in [3.05, 3.63) is 30.3 Å². The second kappa shape index (κ2) is 5.66. The number of benzene rings is 1. The number of methoxy groups -OCH3 is 1. The van der Waals surface area contributed by atoms with Crippen molar-refractivity contribution < 1.29 is 17.9 Å². The number of sulfone groups is 1. The topological polar surface area (TPSA) is 60.4 Å². The average Bonchev–Trinajstić information content (AvgIpc) is 2.74. The molecule has 1 aromatic rings. The fraction of sp³-hybridized carbons (Fsp3) is 0.533. The molecule has 2 rings (SSSR count). The van der Waals surface area contributed by atoms with E-state index in [-0.39, 0.29) is 10.7 Å². The van der Waals surface area contributed by atoms with Crippen LogP contribution in [0.25, 0.3) is 0 Å². The number of hydrogen-bond donors (Lipinski definition) is 0. The maximum atomic E-state index is 12.8. The molecule has 0 spiro atoms. The Kier molecular flexibility index (Phi) is 4.30. The van der Waals surface area contributed by atoms with Crippen LogP contribution in [-0.4, -0.2) is 33.2 Å². The summed E-state index contributed by atoms with van der Waals surface area (Å²) in [5.41, 5.74) is -0.540. The first-order valence-corrected chi connectivity index (χ1v) is 8.27. The lowest BCUT2D eigenvalue weighted by atomic mass is 9.85. The van der Waals surface area contributed by atoms with Gasteiger partial charge in [0.1, 0.15) is 5.25 Å². The van der Waals surface area contributed by atoms with E-state index in [2.05, 4.69) is 0 Å². The summed E-state index contributed by atoms with van der Waals surface area (Å²) in [5, 5.41) is -0.951. The smallest absolute Gasteiger partial charge is 0.188 e. The Morgan fingerprint density at radius 3 is 2.55 bits per heavy atom. The van der Waals surface area contributed by atoms with Crippen molar-refractivity contribution in [2.24, 2.45) is 5.41 Å². The van der Waals surface area contributed by atoms with Gasteiger partial charge in [0.2, 0.25) is 0 Å². The van der Waals surface area contributed by atoms with Gasteiger partial charge in [-0.05, 0) is 30.4 Å². The summed E-state index contributed by atoms with van der Waals surface area (Å²) in [6, 6.07) is 8.23. The maximum Gasteiger partial charge on any atom is 0.188 e. The third kappa shape index (κ3) is 2.65. The summed E-state index contributed by atoms with van der Waals surface area (Å²) in [7, 11) is -2.05. The molecule has 1 aliphatic rings. The molecule has 0 bridgehead atoms. The lowest BCUT2D eigenvalue weighted by Gasteiger charge is -2.29. The number of ketones is 1. The van der Waals surface area contributed by atoms with Crippen LogP contribution in [0.2, 0.25) is 0 Å². The normalized spacial score (nSPS) is 26.9. The van der Waals surface area contributed by atoms with Crippen molar-refractivity contribution in [2.75, 3.05) is 13.7 Å². The van der Waals surface area contributed by atoms with Gasteiger partial charge in [0, 0.05) is 20.1 Å². The van der Waals surface area contributed by atoms with Crippen LogP contribution in [0.5, 0.6) is 0 Å². The van der Waals surface area contributed by atoms with Crippen molar-refractivity contribution in [1.82, 2.24) is 0 Å². The Morgan fingerprint density at radius 2 is 1.95 bits per heavy atom. The number of ether oxygens (including phenoxy) is 1. The van der Waals surface area contributed by atoms with Crippen LogP contribution in [0.1, 0.15) is 26.2 Å². The molecule has 5 heteroatoms. The van der Waals surface area contributed by atoms with Gasteiger partial charge in [0.25, 0.3) is 0 Å². The molecule has 1 fully saturated rings. The number of carbonyl (C=O) groups is 1. The van der Waals surface area contributed by atoms with Crippen LogP contribution in [0, 0.1) is 5.41 Å². The van der Waals surface area contributed by atoms with Crippen LogP contribution >= 0.6 is 0 Å². The first kappa shape index (κ1) is 15.2. The summed E-state index contributed by atoms with van der Waals surface area (Å²) in [6.45, 7) is 2.34. The van der Waals surface area contributed by atoms with Gasteiger partial charge in [-0.2, -0.15) is 0 Å². The molecule has 0 heterocycles. The van der Waals surface area contributed by atoms with E-state index < -0.39 is 20.5 Å². The maximum absolute atomic E-state index is 12.8. The molecule has 20 heavy (non-hydrogen) atoms. The molecule has 110 valence electrons. The lowest BCUT2D eigenvalue weighted by Crippen LogP contribution is -2.39. The summed E-state index contributed by atoms with van der Waals surface area (Å²) in [5.74, 6) is -0.174. The van der Waals surface area contributed by atoms with E-state index in [0.29, 0.717) is 25.9 Å². The van der Waals surface area contributed by atoms with E-state index in [1.165, 1.54) is 0 Å². The molecule has 0 saturated heterocycles. The standard InChI is InChI=1S/C15H20O4S/c1-15(10-11-19-2)9-8-13(16)14(15)20(17,18)12-6-4-3-5-7-12/h3-7,14H,8-11H2,1-2H3/t14-,15+/m1/s1. The molecular formula is C15H20O4S. The number of carbonyl (C=O) groups excluding carboxylic acids is 1. The Bertz CT molecular complexity index is 579. The third-order valence-electron chi connectivity index (χ3n) is 4.13. The van der Waals surface area contributed by atoms with Crippen LogP contribution < -0.4 is 0 Å². The Balaban J connectivity index is 2.40. The average molecular weight is 296 g/mol. The monoisotopic (exact) mass is 296 g/mol. The molecule has 1 aromatic carbocycles. The number of rotatable bonds is 5. The van der Waals surface area contributed by atoms with Crippen LogP contribution in [0.15, 0.2) is 35.2 Å². The molecule has 1 aliphatic carbocycles. The van der Waals surface area contributed by atoms with Crippen molar-refractivity contribution >= 4 is 15.6 Å². The Labute approximate surface area is 120 Å². The lowest BCUT2D eigenvalue weighted by molar-refractivity contribution is -0.117. The van der Waals surface area contributed by atoms with Crippen molar-refractivity contribution in [3.63, 3.8) is 0 Å². The minimum Gasteiger partial charge on any atom is -0.385 e. The summed E-state index contributed by atoms with van der Waals surface area (Å²) >= 11 is 0. The SMILES string of the molecule is COCC[C@]1(C)CCC(=O)[C@H]1S(=O)(=O)c1ccccc1. The molecular weight excluding hydrogens is 276 g/mol. The molecule has 0 unspecified atom stereocenters. The first-order valence-electron chi connectivity index (χ1n) is 6.72. The van der Waals surface area contributed by atoms with Gasteiger partial charge in [0.15, 0.2) is 15.6 Å². The Morgan fingerprint density at radius 1 is 1.30 bits per heavy atom. The van der Waals surface area contributed by atoms with Crippen molar-refractivity contribution in [1.29, 1.82) is 0 Å². The van der Waals surface area contributed by atoms with Crippen LogP contribution in [-0.2, 0) is 19.4 Å². The molecule has 0 amide bonds. The second-order valence-corrected chi connectivity index (χ2v) is 7.63. The quantitative estimate of drug-likeness (QED) is 0.836. The third-order valence-corrected chi connectivity index (χ3v) is 6.51. The van der Waals surface area contributed by atoms with E-state index in [0.717, 1.165) is 0 Å². The highest BCUT2D eigenvalue weighted by Gasteiger charge is 2.51. The van der Waals surface area contributed by atoms with Crippen LogP contribution in [0.4, 0.5) is 0 Å². The van der Waals surface area contributed by atoms with Gasteiger partial charge in [-0.15, -0.1) is 0 Å². The van der Waals surface area contributed by atoms with Crippen molar-refractivity contribution in [2.45, 2.75) is 36.3 Å². The van der Waals surface area contributed by atoms with Gasteiger partial charge in [0.05, 0.1) is 4.90 Å². The zero-order valence-corrected chi connectivity index (χ0v) is 12.7. The molecule has 0 N–H and O–H groups in total. The van der Waals surface area contributed by atoms with E-state index >= 15 is 0 Å². The highest BCUT2D eigenvalue weighted by Crippen LogP contribution is 2.44. The Hall–Kier alpha value is -1.20. The molecule has 0 aromatic heterocycles. The number of hydrogen-bond acceptors (Lipinski definition) is 4. The molecule has 4 nitrogen and oxygen atoms in total. The largest absolute Gasteiger partial charge is 0.385 e. The van der Waals surface area contributed by atoms with Crippen LogP contribution in [0.3, 0.4) is 0 Å². The highest BCUT2D eigenvalue weighted by molar-refractivity contribution is 7.92. The molecule has 2 atom stereocenters. The van der Waals surface area contributed by atoms with Gasteiger partial charge in [-0.25, -0.2) is 8.42 Å². The second-order valence-electron chi connectivity index (χ2n) is 5.60. The van der Waals surface area contributed by atoms with E-state index in [1.54, 1.807) is 37.4 Å². The molecule has 0 radical (unpaired) electrons. The van der Waals surface area contributed by atoms with E-state index in [4.69, 9.17) is 4.74 Å². The molecule has 1 saturated carbocycles. The summed E-state index contributed by atoms with van der Waals surface area (Å²) < 4.78 is 30.6. The first-order chi connectivity index (χ1) is 9.42. The minimum atomic E-state index is -3.63. The van der Waals surface area contributed by atoms with Gasteiger partial charge in [-0.1, -0.05) is 25.1 Å². The fourth-order valence-electron chi connectivity index (χ4n) is 2.94. The van der Waals surface area contributed by atoms with Crippen molar-refractivity contribution in [3.8, 4) is 0 Å². The van der Waals surface area contributed by atoms with E-state index in [1.807, 2.05) is 6.92 Å². The number of Topliss-reactive ketones (excluding diaryl/α,β-unsaturated/α-hetero) is 1. The predicted molar refractivity (Wildman–Crippen MR) is 76.3 cm³/mol. The van der Waals surface area contributed by atoms with Gasteiger partial charge >= 0.3 is 0 Å². The van der Waals surface area contributed by atoms with E-state index in [9.17, 15) is 13.2 Å².